The third-order valence-electron chi connectivity index (χ3n) is 5.84. The Kier molecular flexibility index (Phi) is 3.27. The van der Waals surface area contributed by atoms with Crippen molar-refractivity contribution in [2.75, 3.05) is 0 Å². The second kappa shape index (κ2) is 5.13. The summed E-state index contributed by atoms with van der Waals surface area (Å²) < 4.78 is 9.63. The second-order valence-electron chi connectivity index (χ2n) is 7.31. The molecule has 3 atom stereocenters. The number of hydrogen-bond donors (Lipinski definition) is 0. The van der Waals surface area contributed by atoms with Gasteiger partial charge in [-0.2, -0.15) is 0 Å². The van der Waals surface area contributed by atoms with Gasteiger partial charge in [0.2, 0.25) is 0 Å². The molecule has 4 rings (SSSR count). The zero-order valence-corrected chi connectivity index (χ0v) is 13.4. The standard InChI is InChI=1S/C18H18O6/c1-18-8-12-11(14(19)23-15(12)20)6-9-4-2-3-5-10(9)7-13(18)16(21)24-17(18)22/h7,9-10H,2-6,8H2,1H3/b13-7-/t9-,10-,18-/m1/s1. The van der Waals surface area contributed by atoms with Gasteiger partial charge < -0.3 is 9.47 Å². The summed E-state index contributed by atoms with van der Waals surface area (Å²) in [6.07, 6.45) is 6.23. The van der Waals surface area contributed by atoms with Crippen LogP contribution in [0.15, 0.2) is 22.8 Å². The van der Waals surface area contributed by atoms with Crippen molar-refractivity contribution >= 4 is 23.9 Å². The molecule has 0 amide bonds. The van der Waals surface area contributed by atoms with Gasteiger partial charge in [-0.1, -0.05) is 18.9 Å². The highest BCUT2D eigenvalue weighted by Crippen LogP contribution is 2.48. The van der Waals surface area contributed by atoms with Crippen molar-refractivity contribution < 1.29 is 28.7 Å². The normalized spacial score (nSPS) is 38.1. The molecule has 126 valence electrons. The van der Waals surface area contributed by atoms with Crippen LogP contribution in [0.2, 0.25) is 0 Å². The van der Waals surface area contributed by atoms with Crippen molar-refractivity contribution in [1.29, 1.82) is 0 Å². The second-order valence-corrected chi connectivity index (χ2v) is 7.31. The Hall–Kier alpha value is -2.24. The molecule has 2 aliphatic carbocycles. The molecule has 24 heavy (non-hydrogen) atoms. The van der Waals surface area contributed by atoms with Gasteiger partial charge in [-0.15, -0.1) is 0 Å². The highest BCUT2D eigenvalue weighted by atomic mass is 16.6. The largest absolute Gasteiger partial charge is 0.389 e. The number of hydrogen-bond acceptors (Lipinski definition) is 6. The molecular weight excluding hydrogens is 312 g/mol. The van der Waals surface area contributed by atoms with E-state index in [2.05, 4.69) is 0 Å². The molecule has 4 aliphatic rings. The number of rotatable bonds is 0. The third kappa shape index (κ3) is 2.08. The van der Waals surface area contributed by atoms with Gasteiger partial charge in [0.15, 0.2) is 0 Å². The first-order valence-electron chi connectivity index (χ1n) is 8.37. The first-order chi connectivity index (χ1) is 11.4. The fourth-order valence-corrected chi connectivity index (χ4v) is 4.38. The van der Waals surface area contributed by atoms with Gasteiger partial charge in [0, 0.05) is 17.6 Å². The summed E-state index contributed by atoms with van der Waals surface area (Å²) in [6, 6.07) is 0. The van der Waals surface area contributed by atoms with E-state index in [1.54, 1.807) is 6.92 Å². The number of esters is 4. The lowest BCUT2D eigenvalue weighted by atomic mass is 9.74. The van der Waals surface area contributed by atoms with Gasteiger partial charge in [-0.3, -0.25) is 4.79 Å². The van der Waals surface area contributed by atoms with E-state index in [0.29, 0.717) is 17.6 Å². The van der Waals surface area contributed by atoms with Gasteiger partial charge in [0.05, 0.1) is 5.57 Å². The zero-order chi connectivity index (χ0) is 17.1. The summed E-state index contributed by atoms with van der Waals surface area (Å²) in [5, 5.41) is 0. The van der Waals surface area contributed by atoms with Crippen LogP contribution in [-0.4, -0.2) is 23.9 Å². The minimum atomic E-state index is -1.23. The summed E-state index contributed by atoms with van der Waals surface area (Å²) in [7, 11) is 0. The SMILES string of the molecule is C[C@@]12CC3=C(C[C@H]4CCCC[C@@H]4/C=C\1C(=O)OC2=O)C(=O)OC3=O. The Bertz CT molecular complexity index is 743. The van der Waals surface area contributed by atoms with Crippen LogP contribution in [0.3, 0.4) is 0 Å². The number of carbonyl (C=O) groups is 4. The fourth-order valence-electron chi connectivity index (χ4n) is 4.38. The maximum atomic E-state index is 12.3. The molecule has 1 saturated heterocycles. The van der Waals surface area contributed by atoms with Gasteiger partial charge in [-0.05, 0) is 38.0 Å². The van der Waals surface area contributed by atoms with Crippen LogP contribution in [0, 0.1) is 17.3 Å². The molecular formula is C18H18O6. The van der Waals surface area contributed by atoms with Crippen LogP contribution < -0.4 is 0 Å². The highest BCUT2D eigenvalue weighted by Gasteiger charge is 2.54. The molecule has 0 aromatic carbocycles. The molecule has 6 heteroatoms. The molecule has 0 unspecified atom stereocenters. The topological polar surface area (TPSA) is 86.7 Å². The molecule has 0 aromatic heterocycles. The summed E-state index contributed by atoms with van der Waals surface area (Å²) in [4.78, 5) is 48.7. The van der Waals surface area contributed by atoms with Crippen LogP contribution in [0.4, 0.5) is 0 Å². The average Bonchev–Trinajstić information content (AvgIpc) is 2.92. The number of allylic oxidation sites excluding steroid dienone is 1. The van der Waals surface area contributed by atoms with Gasteiger partial charge in [0.1, 0.15) is 5.41 Å². The highest BCUT2D eigenvalue weighted by molar-refractivity contribution is 6.14. The van der Waals surface area contributed by atoms with E-state index in [1.807, 2.05) is 6.08 Å². The van der Waals surface area contributed by atoms with Crippen LogP contribution in [0.25, 0.3) is 0 Å². The van der Waals surface area contributed by atoms with Crippen molar-refractivity contribution in [3.05, 3.63) is 22.8 Å². The maximum absolute atomic E-state index is 12.3. The monoisotopic (exact) mass is 330 g/mol. The van der Waals surface area contributed by atoms with Gasteiger partial charge >= 0.3 is 23.9 Å². The number of carbonyl (C=O) groups excluding carboxylic acids is 4. The Morgan fingerprint density at radius 3 is 2.46 bits per heavy atom. The van der Waals surface area contributed by atoms with Crippen molar-refractivity contribution in [2.45, 2.75) is 45.4 Å². The van der Waals surface area contributed by atoms with E-state index in [0.717, 1.165) is 25.7 Å². The van der Waals surface area contributed by atoms with Gasteiger partial charge in [-0.25, -0.2) is 14.4 Å². The Balaban J connectivity index is 1.89. The molecule has 1 saturated carbocycles. The van der Waals surface area contributed by atoms with E-state index >= 15 is 0 Å². The first kappa shape index (κ1) is 15.3. The predicted octanol–water partition coefficient (Wildman–Crippen LogP) is 1.98. The van der Waals surface area contributed by atoms with Crippen LogP contribution in [0.1, 0.15) is 45.4 Å². The first-order valence-corrected chi connectivity index (χ1v) is 8.37. The maximum Gasteiger partial charge on any atom is 0.342 e. The lowest BCUT2D eigenvalue weighted by Crippen LogP contribution is -2.27. The smallest absolute Gasteiger partial charge is 0.342 e. The molecule has 0 spiro atoms. The van der Waals surface area contributed by atoms with E-state index in [1.165, 1.54) is 0 Å². The molecule has 2 heterocycles. The molecule has 2 aliphatic heterocycles. The molecule has 2 fully saturated rings. The zero-order valence-electron chi connectivity index (χ0n) is 13.4. The van der Waals surface area contributed by atoms with Crippen molar-refractivity contribution in [1.82, 2.24) is 0 Å². The van der Waals surface area contributed by atoms with E-state index in [-0.39, 0.29) is 23.8 Å². The molecule has 0 radical (unpaired) electrons. The molecule has 0 aromatic rings. The molecule has 6 nitrogen and oxygen atoms in total. The number of fused-ring (bicyclic) bond motifs is 2. The summed E-state index contributed by atoms with van der Waals surface area (Å²) in [5.74, 6) is -2.33. The molecule has 0 bridgehead atoms. The Labute approximate surface area is 138 Å². The summed E-state index contributed by atoms with van der Waals surface area (Å²) >= 11 is 0. The summed E-state index contributed by atoms with van der Waals surface area (Å²) in [6.45, 7) is 1.61. The third-order valence-corrected chi connectivity index (χ3v) is 5.84. The Morgan fingerprint density at radius 2 is 1.67 bits per heavy atom. The average molecular weight is 330 g/mol. The molecule has 0 N–H and O–H groups in total. The predicted molar refractivity (Wildman–Crippen MR) is 80.1 cm³/mol. The van der Waals surface area contributed by atoms with Crippen molar-refractivity contribution in [3.63, 3.8) is 0 Å². The van der Waals surface area contributed by atoms with Crippen LogP contribution >= 0.6 is 0 Å². The quantitative estimate of drug-likeness (QED) is 0.498. The van der Waals surface area contributed by atoms with Crippen molar-refractivity contribution in [3.8, 4) is 0 Å². The van der Waals surface area contributed by atoms with E-state index in [4.69, 9.17) is 9.47 Å². The minimum Gasteiger partial charge on any atom is -0.389 e. The lowest BCUT2D eigenvalue weighted by Gasteiger charge is -2.30. The van der Waals surface area contributed by atoms with Crippen molar-refractivity contribution in [2.24, 2.45) is 17.3 Å². The van der Waals surface area contributed by atoms with E-state index in [9.17, 15) is 19.2 Å². The van der Waals surface area contributed by atoms with Crippen LogP contribution in [-0.2, 0) is 28.7 Å². The number of cyclic esters (lactones) is 4. The summed E-state index contributed by atoms with van der Waals surface area (Å²) in [5.41, 5.74) is -0.301. The fraction of sp³-hybridized carbons (Fsp3) is 0.556. The number of ether oxygens (including phenoxy) is 2. The van der Waals surface area contributed by atoms with Gasteiger partial charge in [0.25, 0.3) is 0 Å². The lowest BCUT2D eigenvalue weighted by molar-refractivity contribution is -0.154. The Morgan fingerprint density at radius 1 is 0.958 bits per heavy atom. The minimum absolute atomic E-state index is 0.0250. The van der Waals surface area contributed by atoms with E-state index < -0.39 is 29.3 Å². The van der Waals surface area contributed by atoms with Crippen LogP contribution in [0.5, 0.6) is 0 Å².